The lowest BCUT2D eigenvalue weighted by atomic mass is 9.63. The predicted molar refractivity (Wildman–Crippen MR) is 166 cm³/mol. The van der Waals surface area contributed by atoms with E-state index in [9.17, 15) is 4.21 Å². The summed E-state index contributed by atoms with van der Waals surface area (Å²) in [6, 6.07) is 3.69. The van der Waals surface area contributed by atoms with Crippen molar-refractivity contribution in [3.63, 3.8) is 0 Å². The second kappa shape index (κ2) is 11.3. The minimum Gasteiger partial charge on any atom is -0.414 e. The lowest BCUT2D eigenvalue weighted by Crippen LogP contribution is -2.48. The minimum absolute atomic E-state index is 0.103. The van der Waals surface area contributed by atoms with Gasteiger partial charge in [-0.3, -0.25) is 8.24 Å². The molecule has 3 nitrogen and oxygen atoms in total. The van der Waals surface area contributed by atoms with E-state index in [1.807, 2.05) is 0 Å². The smallest absolute Gasteiger partial charge is 0.192 e. The van der Waals surface area contributed by atoms with E-state index >= 15 is 0 Å². The van der Waals surface area contributed by atoms with Crippen LogP contribution >= 0.6 is 0 Å². The van der Waals surface area contributed by atoms with Crippen LogP contribution in [0.15, 0.2) is 15.7 Å². The van der Waals surface area contributed by atoms with E-state index in [0.717, 1.165) is 12.8 Å². The van der Waals surface area contributed by atoms with Crippen LogP contribution in [0.1, 0.15) is 108 Å². The van der Waals surface area contributed by atoms with Gasteiger partial charge in [-0.2, -0.15) is 0 Å². The Hall–Kier alpha value is 0.0838. The quantitative estimate of drug-likeness (QED) is 0.199. The molecule has 0 aliphatic heterocycles. The first-order valence-corrected chi connectivity index (χ1v) is 22.1. The second-order valence-corrected chi connectivity index (χ2v) is 27.7. The van der Waals surface area contributed by atoms with Crippen molar-refractivity contribution in [3.05, 3.63) is 11.6 Å². The van der Waals surface area contributed by atoms with Crippen LogP contribution in [-0.2, 0) is 14.2 Å². The Bertz CT molecular complexity index is 893. The summed E-state index contributed by atoms with van der Waals surface area (Å²) in [6.07, 6.45) is 8.88. The van der Waals surface area contributed by atoms with E-state index in [4.69, 9.17) is 8.45 Å². The standard InChI is InChI=1S/C30H61NO2SSi2/c1-14-36(15-2,16-3)33-27-18-17-22-30(11)25(19-20-26(27)30)24(4)21-23-34(32,28(5,6)7)31-35(12,13)29(8,9)10/h19,24,26-27H,14-18,20-23H2,1-13H3/t24-,26+,27+,30-,34+/m1/s1. The lowest BCUT2D eigenvalue weighted by Gasteiger charge is -2.48. The van der Waals surface area contributed by atoms with E-state index in [1.54, 1.807) is 5.57 Å². The first-order chi connectivity index (χ1) is 16.3. The maximum Gasteiger partial charge on any atom is 0.192 e. The van der Waals surface area contributed by atoms with Crippen LogP contribution in [0.2, 0.25) is 36.3 Å². The molecule has 0 radical (unpaired) electrons. The highest BCUT2D eigenvalue weighted by Crippen LogP contribution is 2.56. The van der Waals surface area contributed by atoms with Gasteiger partial charge in [-0.05, 0) is 100.0 Å². The molecule has 0 heterocycles. The molecule has 1 fully saturated rings. The lowest BCUT2D eigenvalue weighted by molar-refractivity contribution is 0.0176. The zero-order valence-electron chi connectivity index (χ0n) is 26.3. The summed E-state index contributed by atoms with van der Waals surface area (Å²) in [7, 11) is -5.96. The fourth-order valence-corrected chi connectivity index (χ4v) is 16.2. The van der Waals surface area contributed by atoms with Crippen LogP contribution in [0.25, 0.3) is 0 Å². The molecule has 2 aliphatic rings. The second-order valence-electron chi connectivity index (χ2n) is 14.8. The molecule has 2 rings (SSSR count). The van der Waals surface area contributed by atoms with Gasteiger partial charge in [0.05, 0.1) is 0 Å². The van der Waals surface area contributed by atoms with Gasteiger partial charge in [0.25, 0.3) is 0 Å². The van der Waals surface area contributed by atoms with Gasteiger partial charge in [-0.1, -0.05) is 73.5 Å². The summed E-state index contributed by atoms with van der Waals surface area (Å²) in [6.45, 7) is 29.8. The average molecular weight is 556 g/mol. The van der Waals surface area contributed by atoms with Gasteiger partial charge >= 0.3 is 0 Å². The van der Waals surface area contributed by atoms with Crippen LogP contribution in [0.4, 0.5) is 0 Å². The fourth-order valence-electron chi connectivity index (χ4n) is 6.44. The normalized spacial score (nSPS) is 28.3. The van der Waals surface area contributed by atoms with E-state index in [-0.39, 0.29) is 15.2 Å². The third-order valence-electron chi connectivity index (χ3n) is 10.6. The SMILES string of the molecule is CC[Si](CC)(CC)O[C@H]1CCC[C@]2(C)C([C@H](C)CC[S@@](=O)(=N[Si](C)(C)C(C)(C)C)C(C)(C)C)=CC[C@@H]12. The fraction of sp³-hybridized carbons (Fsp3) is 0.933. The Morgan fingerprint density at radius 3 is 2.14 bits per heavy atom. The zero-order valence-corrected chi connectivity index (χ0v) is 29.2. The molecule has 36 heavy (non-hydrogen) atoms. The predicted octanol–water partition coefficient (Wildman–Crippen LogP) is 9.81. The van der Waals surface area contributed by atoms with Crippen molar-refractivity contribution in [2.45, 2.75) is 155 Å². The average Bonchev–Trinajstić information content (AvgIpc) is 3.12. The molecule has 0 aromatic carbocycles. The van der Waals surface area contributed by atoms with Gasteiger partial charge in [0.1, 0.15) is 0 Å². The zero-order chi connectivity index (χ0) is 27.8. The van der Waals surface area contributed by atoms with Crippen molar-refractivity contribution in [1.82, 2.24) is 0 Å². The van der Waals surface area contributed by atoms with Crippen molar-refractivity contribution in [3.8, 4) is 0 Å². The molecular formula is C30H61NO2SSi2. The highest BCUT2D eigenvalue weighted by Gasteiger charge is 2.50. The van der Waals surface area contributed by atoms with E-state index < -0.39 is 26.3 Å². The highest BCUT2D eigenvalue weighted by atomic mass is 32.2. The Morgan fingerprint density at radius 1 is 1.11 bits per heavy atom. The van der Waals surface area contributed by atoms with Crippen molar-refractivity contribution < 1.29 is 8.63 Å². The Morgan fingerprint density at radius 2 is 1.67 bits per heavy atom. The highest BCUT2D eigenvalue weighted by molar-refractivity contribution is 7.95. The van der Waals surface area contributed by atoms with Crippen molar-refractivity contribution in [1.29, 1.82) is 0 Å². The first-order valence-electron chi connectivity index (χ1n) is 15.0. The molecule has 0 saturated heterocycles. The third-order valence-corrected chi connectivity index (χ3v) is 24.6. The molecule has 0 N–H and O–H groups in total. The maximum absolute atomic E-state index is 14.5. The Balaban J connectivity index is 2.26. The number of rotatable bonds is 10. The summed E-state index contributed by atoms with van der Waals surface area (Å²) in [5.41, 5.74) is 1.86. The van der Waals surface area contributed by atoms with Gasteiger partial charge in [-0.15, -0.1) is 0 Å². The summed E-state index contributed by atoms with van der Waals surface area (Å²) < 4.78 is 26.6. The molecule has 0 spiro atoms. The number of hydrogen-bond acceptors (Lipinski definition) is 3. The van der Waals surface area contributed by atoms with E-state index in [2.05, 4.69) is 95.3 Å². The van der Waals surface area contributed by atoms with Crippen LogP contribution in [0.3, 0.4) is 0 Å². The molecule has 0 aromatic heterocycles. The van der Waals surface area contributed by atoms with Crippen molar-refractivity contribution >= 4 is 26.3 Å². The van der Waals surface area contributed by atoms with Crippen LogP contribution in [0, 0.1) is 17.3 Å². The summed E-state index contributed by atoms with van der Waals surface area (Å²) >= 11 is 0. The Labute approximate surface area is 228 Å². The molecule has 0 bridgehead atoms. The van der Waals surface area contributed by atoms with Crippen molar-refractivity contribution in [2.75, 3.05) is 5.75 Å². The third kappa shape index (κ3) is 6.44. The van der Waals surface area contributed by atoms with Gasteiger partial charge in [0, 0.05) is 26.3 Å². The molecule has 0 amide bonds. The summed E-state index contributed by atoms with van der Waals surface area (Å²) in [5, 5.41) is 0.103. The molecule has 2 aliphatic carbocycles. The monoisotopic (exact) mass is 555 g/mol. The molecule has 1 saturated carbocycles. The maximum atomic E-state index is 14.5. The topological polar surface area (TPSA) is 38.7 Å². The molecule has 212 valence electrons. The van der Waals surface area contributed by atoms with Crippen LogP contribution < -0.4 is 0 Å². The number of hydrogen-bond donors (Lipinski definition) is 0. The number of fused-ring (bicyclic) bond motifs is 1. The van der Waals surface area contributed by atoms with Crippen LogP contribution in [0.5, 0.6) is 0 Å². The summed E-state index contributed by atoms with van der Waals surface area (Å²) in [4.78, 5) is 0. The summed E-state index contributed by atoms with van der Waals surface area (Å²) in [5.74, 6) is 1.77. The molecule has 0 unspecified atom stereocenters. The molecule has 0 aromatic rings. The number of nitrogens with zero attached hydrogens (tertiary/aromatic N) is 1. The van der Waals surface area contributed by atoms with E-state index in [1.165, 1.54) is 37.4 Å². The van der Waals surface area contributed by atoms with Crippen molar-refractivity contribution in [2.24, 2.45) is 21.3 Å². The molecule has 5 atom stereocenters. The number of allylic oxidation sites excluding steroid dienone is 2. The molecule has 6 heteroatoms. The first kappa shape index (κ1) is 32.3. The van der Waals surface area contributed by atoms with Gasteiger partial charge < -0.3 is 4.43 Å². The van der Waals surface area contributed by atoms with Crippen LogP contribution in [-0.4, -0.2) is 37.4 Å². The van der Waals surface area contributed by atoms with Gasteiger partial charge in [0.2, 0.25) is 0 Å². The van der Waals surface area contributed by atoms with Gasteiger partial charge in [0.15, 0.2) is 16.6 Å². The molecular weight excluding hydrogens is 495 g/mol. The van der Waals surface area contributed by atoms with E-state index in [0.29, 0.717) is 23.7 Å². The minimum atomic E-state index is -2.32. The largest absolute Gasteiger partial charge is 0.414 e. The Kier molecular flexibility index (Phi) is 10.1. The van der Waals surface area contributed by atoms with Gasteiger partial charge in [-0.25, -0.2) is 0 Å².